The fraction of sp³-hybridized carbons (Fsp3) is 0.739. The standard InChI is InChI=1S/C23H40N4OS/c1-8-26(9-2)21(28)20(23(5,6)7)25-22(29)24-18-12-10-11-13-19(18)27-16(3)14-15-17(27)4/h14-15,18-20H,8-13H2,1-7H3,(H2,24,25,29)/t18-,19-,20+/m0/s1. The van der Waals surface area contributed by atoms with Crippen LogP contribution in [0.1, 0.15) is 77.7 Å². The zero-order valence-corrected chi connectivity index (χ0v) is 20.2. The summed E-state index contributed by atoms with van der Waals surface area (Å²) in [5.41, 5.74) is 2.36. The third-order valence-electron chi connectivity index (χ3n) is 6.17. The van der Waals surface area contributed by atoms with E-state index in [9.17, 15) is 4.79 Å². The van der Waals surface area contributed by atoms with Crippen LogP contribution >= 0.6 is 12.2 Å². The molecule has 1 fully saturated rings. The predicted octanol–water partition coefficient (Wildman–Crippen LogP) is 4.34. The Balaban J connectivity index is 2.14. The molecule has 29 heavy (non-hydrogen) atoms. The van der Waals surface area contributed by atoms with Gasteiger partial charge in [-0.1, -0.05) is 33.6 Å². The number of thiocarbonyl (C=S) groups is 1. The molecule has 0 saturated heterocycles. The van der Waals surface area contributed by atoms with E-state index >= 15 is 0 Å². The van der Waals surface area contributed by atoms with Gasteiger partial charge in [-0.15, -0.1) is 0 Å². The summed E-state index contributed by atoms with van der Waals surface area (Å²) in [6.07, 6.45) is 4.69. The van der Waals surface area contributed by atoms with E-state index in [1.165, 1.54) is 24.2 Å². The van der Waals surface area contributed by atoms with E-state index in [4.69, 9.17) is 12.2 Å². The molecule has 1 saturated carbocycles. The number of carbonyl (C=O) groups is 1. The first-order valence-electron chi connectivity index (χ1n) is 11.1. The highest BCUT2D eigenvalue weighted by Crippen LogP contribution is 2.31. The van der Waals surface area contributed by atoms with E-state index in [-0.39, 0.29) is 23.4 Å². The van der Waals surface area contributed by atoms with E-state index < -0.39 is 0 Å². The van der Waals surface area contributed by atoms with Crippen LogP contribution in [0.4, 0.5) is 0 Å². The Kier molecular flexibility index (Phi) is 8.15. The SMILES string of the molecule is CCN(CC)C(=O)[C@@H](NC(=S)N[C@H]1CCCC[C@@H]1n1c(C)ccc1C)C(C)(C)C. The molecule has 5 nitrogen and oxygen atoms in total. The number of nitrogens with one attached hydrogen (secondary N) is 2. The Hall–Kier alpha value is -1.56. The van der Waals surface area contributed by atoms with E-state index in [0.29, 0.717) is 24.2 Å². The largest absolute Gasteiger partial charge is 0.358 e. The highest BCUT2D eigenvalue weighted by atomic mass is 32.1. The lowest BCUT2D eigenvalue weighted by Crippen LogP contribution is -2.58. The second-order valence-electron chi connectivity index (χ2n) is 9.37. The summed E-state index contributed by atoms with van der Waals surface area (Å²) < 4.78 is 2.45. The topological polar surface area (TPSA) is 49.3 Å². The summed E-state index contributed by atoms with van der Waals surface area (Å²) in [5.74, 6) is 0.115. The number of carbonyl (C=O) groups excluding carboxylic acids is 1. The lowest BCUT2D eigenvalue weighted by Gasteiger charge is -2.38. The molecule has 0 aliphatic heterocycles. The molecule has 6 heteroatoms. The zero-order valence-electron chi connectivity index (χ0n) is 19.3. The van der Waals surface area contributed by atoms with Crippen LogP contribution in [0.25, 0.3) is 0 Å². The first-order valence-corrected chi connectivity index (χ1v) is 11.5. The van der Waals surface area contributed by atoms with Gasteiger partial charge in [-0.25, -0.2) is 0 Å². The van der Waals surface area contributed by atoms with Crippen molar-refractivity contribution in [3.63, 3.8) is 0 Å². The molecule has 3 atom stereocenters. The van der Waals surface area contributed by atoms with Crippen molar-refractivity contribution in [2.45, 2.75) is 92.3 Å². The Morgan fingerprint density at radius 3 is 2.24 bits per heavy atom. The Morgan fingerprint density at radius 1 is 1.17 bits per heavy atom. The van der Waals surface area contributed by atoms with Crippen LogP contribution in [0.5, 0.6) is 0 Å². The van der Waals surface area contributed by atoms with Crippen molar-refractivity contribution in [3.8, 4) is 0 Å². The van der Waals surface area contributed by atoms with Crippen molar-refractivity contribution < 1.29 is 4.79 Å². The van der Waals surface area contributed by atoms with Crippen LogP contribution in [-0.4, -0.2) is 45.7 Å². The van der Waals surface area contributed by atoms with Gasteiger partial charge in [0.15, 0.2) is 5.11 Å². The Bertz CT molecular complexity index is 683. The number of aryl methyl sites for hydroxylation is 2. The molecule has 2 N–H and O–H groups in total. The van der Waals surface area contributed by atoms with Gasteiger partial charge in [-0.2, -0.15) is 0 Å². The zero-order chi connectivity index (χ0) is 21.8. The van der Waals surface area contributed by atoms with Crippen LogP contribution < -0.4 is 10.6 Å². The van der Waals surface area contributed by atoms with Gasteiger partial charge >= 0.3 is 0 Å². The van der Waals surface area contributed by atoms with E-state index in [2.05, 4.69) is 62.0 Å². The third-order valence-corrected chi connectivity index (χ3v) is 6.40. The second-order valence-corrected chi connectivity index (χ2v) is 9.78. The molecular formula is C23H40N4OS. The normalized spacial score (nSPS) is 20.8. The Labute approximate surface area is 182 Å². The van der Waals surface area contributed by atoms with Gasteiger partial charge in [0.1, 0.15) is 6.04 Å². The van der Waals surface area contributed by atoms with Gasteiger partial charge in [-0.05, 0) is 70.3 Å². The van der Waals surface area contributed by atoms with E-state index in [1.807, 2.05) is 18.7 Å². The quantitative estimate of drug-likeness (QED) is 0.672. The van der Waals surface area contributed by atoms with Crippen molar-refractivity contribution in [1.82, 2.24) is 20.1 Å². The molecule has 0 radical (unpaired) electrons. The minimum atomic E-state index is -0.348. The van der Waals surface area contributed by atoms with E-state index in [1.54, 1.807) is 0 Å². The maximum absolute atomic E-state index is 13.1. The van der Waals surface area contributed by atoms with Crippen molar-refractivity contribution >= 4 is 23.2 Å². The maximum atomic E-state index is 13.1. The van der Waals surface area contributed by atoms with Crippen molar-refractivity contribution in [3.05, 3.63) is 23.5 Å². The van der Waals surface area contributed by atoms with Crippen molar-refractivity contribution in [2.24, 2.45) is 5.41 Å². The van der Waals surface area contributed by atoms with E-state index in [0.717, 1.165) is 12.8 Å². The Morgan fingerprint density at radius 2 is 1.72 bits per heavy atom. The number of hydrogen-bond acceptors (Lipinski definition) is 2. The second kappa shape index (κ2) is 9.96. The van der Waals surface area contributed by atoms with Gasteiger partial charge in [0, 0.05) is 30.5 Å². The van der Waals surface area contributed by atoms with Crippen molar-refractivity contribution in [1.29, 1.82) is 0 Å². The van der Waals surface area contributed by atoms with Gasteiger partial charge < -0.3 is 20.1 Å². The van der Waals surface area contributed by atoms with Crippen LogP contribution in [0.2, 0.25) is 0 Å². The summed E-state index contributed by atoms with van der Waals surface area (Å²) in [7, 11) is 0. The highest BCUT2D eigenvalue weighted by Gasteiger charge is 2.35. The monoisotopic (exact) mass is 420 g/mol. The molecule has 0 aromatic carbocycles. The van der Waals surface area contributed by atoms with Crippen LogP contribution in [0.3, 0.4) is 0 Å². The molecule has 0 unspecified atom stereocenters. The fourth-order valence-electron chi connectivity index (χ4n) is 4.50. The number of rotatable bonds is 6. The van der Waals surface area contributed by atoms with Crippen LogP contribution in [-0.2, 0) is 4.79 Å². The first kappa shape index (κ1) is 23.7. The third kappa shape index (κ3) is 5.74. The molecule has 1 aliphatic carbocycles. The summed E-state index contributed by atoms with van der Waals surface area (Å²) in [6, 6.07) is 4.70. The summed E-state index contributed by atoms with van der Waals surface area (Å²) in [4.78, 5) is 15.0. The van der Waals surface area contributed by atoms with Crippen LogP contribution in [0.15, 0.2) is 12.1 Å². The number of hydrogen-bond donors (Lipinski definition) is 2. The minimum absolute atomic E-state index is 0.115. The molecule has 1 heterocycles. The molecular weight excluding hydrogens is 380 g/mol. The maximum Gasteiger partial charge on any atom is 0.245 e. The van der Waals surface area contributed by atoms with Gasteiger partial charge in [0.2, 0.25) is 5.91 Å². The van der Waals surface area contributed by atoms with Crippen LogP contribution in [0, 0.1) is 19.3 Å². The van der Waals surface area contributed by atoms with Gasteiger partial charge in [0.05, 0.1) is 6.04 Å². The average Bonchev–Trinajstić information content (AvgIpc) is 2.98. The molecule has 0 bridgehead atoms. The molecule has 0 spiro atoms. The van der Waals surface area contributed by atoms with Gasteiger partial charge in [-0.3, -0.25) is 4.79 Å². The molecule has 1 aromatic heterocycles. The lowest BCUT2D eigenvalue weighted by molar-refractivity contribution is -0.135. The van der Waals surface area contributed by atoms with Gasteiger partial charge in [0.25, 0.3) is 0 Å². The molecule has 164 valence electrons. The number of likely N-dealkylation sites (N-methyl/N-ethyl adjacent to an activating group) is 1. The molecule has 1 aromatic rings. The lowest BCUT2D eigenvalue weighted by atomic mass is 9.85. The minimum Gasteiger partial charge on any atom is -0.358 e. The molecule has 2 rings (SSSR count). The molecule has 1 amide bonds. The first-order chi connectivity index (χ1) is 13.6. The summed E-state index contributed by atoms with van der Waals surface area (Å²) >= 11 is 5.70. The predicted molar refractivity (Wildman–Crippen MR) is 125 cm³/mol. The summed E-state index contributed by atoms with van der Waals surface area (Å²) in [6.45, 7) is 16.1. The number of nitrogens with zero attached hydrogens (tertiary/aromatic N) is 2. The highest BCUT2D eigenvalue weighted by molar-refractivity contribution is 7.80. The summed E-state index contributed by atoms with van der Waals surface area (Å²) in [5, 5.41) is 7.53. The van der Waals surface area contributed by atoms with Crippen molar-refractivity contribution in [2.75, 3.05) is 13.1 Å². The fourth-order valence-corrected chi connectivity index (χ4v) is 4.77. The average molecular weight is 421 g/mol. The smallest absolute Gasteiger partial charge is 0.245 e. The molecule has 1 aliphatic rings. The number of aromatic nitrogens is 1. The number of amides is 1.